The molecule has 0 aliphatic heterocycles. The molecule has 1 aromatic heterocycles. The number of nitrogens with zero attached hydrogens (tertiary/aromatic N) is 1. The Balaban J connectivity index is 2.45. The van der Waals surface area contributed by atoms with Gasteiger partial charge in [-0.25, -0.2) is 4.98 Å². The normalized spacial score (nSPS) is 11.5. The first-order chi connectivity index (χ1) is 6.79. The Morgan fingerprint density at radius 3 is 3.14 bits per heavy atom. The summed E-state index contributed by atoms with van der Waals surface area (Å²) in [6, 6.07) is 6.10. The smallest absolute Gasteiger partial charge is 0.181 e. The van der Waals surface area contributed by atoms with Crippen LogP contribution in [-0.2, 0) is 0 Å². The Bertz CT molecular complexity index is 474. The molecule has 0 spiro atoms. The molecule has 0 aliphatic carbocycles. The maximum Gasteiger partial charge on any atom is 0.181 e. The number of anilines is 1. The summed E-state index contributed by atoms with van der Waals surface area (Å²) in [5, 5.41) is 0.621. The fourth-order valence-electron chi connectivity index (χ4n) is 1.25. The molecule has 0 bridgehead atoms. The Kier molecular flexibility index (Phi) is 2.74. The zero-order chi connectivity index (χ0) is 9.97. The van der Waals surface area contributed by atoms with Crippen molar-refractivity contribution >= 4 is 45.4 Å². The summed E-state index contributed by atoms with van der Waals surface area (Å²) >= 11 is 5.63. The van der Waals surface area contributed by atoms with E-state index in [2.05, 4.69) is 23.7 Å². The third kappa shape index (κ3) is 1.91. The minimum Gasteiger partial charge on any atom is -0.375 e. The third-order valence-corrected chi connectivity index (χ3v) is 2.90. The maximum absolute atomic E-state index is 5.62. The number of hydrogen-bond acceptors (Lipinski definition) is 4. The number of aromatic nitrogens is 1. The van der Waals surface area contributed by atoms with Crippen LogP contribution in [0.3, 0.4) is 0 Å². The molecule has 0 atom stereocenters. The number of benzene rings is 1. The summed E-state index contributed by atoms with van der Waals surface area (Å²) in [5.74, 6) is 0.753. The van der Waals surface area contributed by atoms with E-state index in [1.807, 2.05) is 24.3 Å². The molecule has 0 saturated heterocycles. The van der Waals surface area contributed by atoms with Crippen molar-refractivity contribution in [2.75, 3.05) is 11.5 Å². The standard InChI is InChI=1S/C10H10N2S2/c11-10-12-8-4-3-7(2-1-5-13)6-9(8)14-10/h1-4,6,13H,5H2,(H2,11,12). The highest BCUT2D eigenvalue weighted by molar-refractivity contribution is 7.80. The van der Waals surface area contributed by atoms with E-state index in [-0.39, 0.29) is 0 Å². The molecule has 1 heterocycles. The molecule has 4 heteroatoms. The van der Waals surface area contributed by atoms with Gasteiger partial charge in [0, 0.05) is 5.75 Å². The van der Waals surface area contributed by atoms with Gasteiger partial charge in [0.2, 0.25) is 0 Å². The van der Waals surface area contributed by atoms with Crippen molar-refractivity contribution in [3.8, 4) is 0 Å². The number of hydrogen-bond donors (Lipinski definition) is 2. The first kappa shape index (κ1) is 9.55. The summed E-state index contributed by atoms with van der Waals surface area (Å²) in [6.45, 7) is 0. The minimum absolute atomic E-state index is 0.621. The lowest BCUT2D eigenvalue weighted by molar-refractivity contribution is 1.49. The fraction of sp³-hybridized carbons (Fsp3) is 0.100. The van der Waals surface area contributed by atoms with Crippen molar-refractivity contribution in [2.45, 2.75) is 0 Å². The number of fused-ring (bicyclic) bond motifs is 1. The lowest BCUT2D eigenvalue weighted by Crippen LogP contribution is -1.78. The van der Waals surface area contributed by atoms with Crippen LogP contribution in [0.4, 0.5) is 5.13 Å². The van der Waals surface area contributed by atoms with Gasteiger partial charge in [0.15, 0.2) is 5.13 Å². The Morgan fingerprint density at radius 1 is 1.50 bits per heavy atom. The molecule has 2 rings (SSSR count). The van der Waals surface area contributed by atoms with Gasteiger partial charge in [0.1, 0.15) is 0 Å². The van der Waals surface area contributed by atoms with Crippen LogP contribution in [0.2, 0.25) is 0 Å². The number of nitrogens with two attached hydrogens (primary N) is 1. The monoisotopic (exact) mass is 222 g/mol. The van der Waals surface area contributed by atoms with Crippen LogP contribution in [0, 0.1) is 0 Å². The molecule has 0 aliphatic rings. The topological polar surface area (TPSA) is 38.9 Å². The number of thiazole rings is 1. The zero-order valence-corrected chi connectivity index (χ0v) is 9.18. The van der Waals surface area contributed by atoms with Crippen molar-refractivity contribution in [2.24, 2.45) is 0 Å². The highest BCUT2D eigenvalue weighted by Gasteiger charge is 1.99. The van der Waals surface area contributed by atoms with Crippen LogP contribution in [0.1, 0.15) is 5.56 Å². The molecule has 2 aromatic rings. The lowest BCUT2D eigenvalue weighted by atomic mass is 10.2. The first-order valence-electron chi connectivity index (χ1n) is 4.23. The van der Waals surface area contributed by atoms with Gasteiger partial charge >= 0.3 is 0 Å². The van der Waals surface area contributed by atoms with E-state index in [1.165, 1.54) is 11.3 Å². The van der Waals surface area contributed by atoms with Gasteiger partial charge in [-0.1, -0.05) is 29.6 Å². The molecule has 72 valence electrons. The molecule has 0 saturated carbocycles. The largest absolute Gasteiger partial charge is 0.375 e. The molecular formula is C10H10N2S2. The minimum atomic E-state index is 0.621. The predicted octanol–water partition coefficient (Wildman–Crippen LogP) is 2.82. The summed E-state index contributed by atoms with van der Waals surface area (Å²) in [6.07, 6.45) is 4.05. The highest BCUT2D eigenvalue weighted by atomic mass is 32.1. The number of nitrogen functional groups attached to an aromatic ring is 1. The molecule has 0 amide bonds. The lowest BCUT2D eigenvalue weighted by Gasteiger charge is -1.91. The van der Waals surface area contributed by atoms with Crippen LogP contribution in [0.5, 0.6) is 0 Å². The Labute approximate surface area is 91.9 Å². The second kappa shape index (κ2) is 4.02. The van der Waals surface area contributed by atoms with Crippen molar-refractivity contribution in [1.82, 2.24) is 4.98 Å². The summed E-state index contributed by atoms with van der Waals surface area (Å²) < 4.78 is 1.13. The van der Waals surface area contributed by atoms with Crippen molar-refractivity contribution in [3.05, 3.63) is 29.8 Å². The van der Waals surface area contributed by atoms with E-state index >= 15 is 0 Å². The molecule has 0 radical (unpaired) electrons. The highest BCUT2D eigenvalue weighted by Crippen LogP contribution is 2.24. The molecular weight excluding hydrogens is 212 g/mol. The van der Waals surface area contributed by atoms with Gasteiger partial charge in [-0.2, -0.15) is 12.6 Å². The van der Waals surface area contributed by atoms with Crippen LogP contribution >= 0.6 is 24.0 Å². The molecule has 0 fully saturated rings. The SMILES string of the molecule is Nc1nc2ccc(C=CCS)cc2s1. The molecule has 2 N–H and O–H groups in total. The summed E-state index contributed by atoms with van der Waals surface area (Å²) in [4.78, 5) is 4.19. The average molecular weight is 222 g/mol. The second-order valence-corrected chi connectivity index (χ2v) is 4.29. The van der Waals surface area contributed by atoms with Crippen molar-refractivity contribution in [1.29, 1.82) is 0 Å². The third-order valence-electron chi connectivity index (χ3n) is 1.84. The van der Waals surface area contributed by atoms with Crippen LogP contribution in [-0.4, -0.2) is 10.7 Å². The van der Waals surface area contributed by atoms with E-state index in [0.717, 1.165) is 21.5 Å². The van der Waals surface area contributed by atoms with Crippen LogP contribution in [0.15, 0.2) is 24.3 Å². The Morgan fingerprint density at radius 2 is 2.36 bits per heavy atom. The molecule has 0 unspecified atom stereocenters. The predicted molar refractivity (Wildman–Crippen MR) is 66.9 cm³/mol. The van der Waals surface area contributed by atoms with Gasteiger partial charge in [0.05, 0.1) is 10.2 Å². The molecule has 2 nitrogen and oxygen atoms in total. The van der Waals surface area contributed by atoms with E-state index in [9.17, 15) is 0 Å². The maximum atomic E-state index is 5.62. The fourth-order valence-corrected chi connectivity index (χ4v) is 2.14. The van der Waals surface area contributed by atoms with E-state index in [0.29, 0.717) is 5.13 Å². The van der Waals surface area contributed by atoms with E-state index in [1.54, 1.807) is 0 Å². The van der Waals surface area contributed by atoms with Crippen LogP contribution < -0.4 is 5.73 Å². The van der Waals surface area contributed by atoms with E-state index in [4.69, 9.17) is 5.73 Å². The van der Waals surface area contributed by atoms with Gasteiger partial charge in [-0.05, 0) is 17.7 Å². The van der Waals surface area contributed by atoms with Gasteiger partial charge in [0.25, 0.3) is 0 Å². The summed E-state index contributed by atoms with van der Waals surface area (Å²) in [5.41, 5.74) is 7.75. The first-order valence-corrected chi connectivity index (χ1v) is 5.68. The number of rotatable bonds is 2. The Hall–Kier alpha value is -1.00. The van der Waals surface area contributed by atoms with Gasteiger partial charge < -0.3 is 5.73 Å². The summed E-state index contributed by atoms with van der Waals surface area (Å²) in [7, 11) is 0. The van der Waals surface area contributed by atoms with Crippen LogP contribution in [0.25, 0.3) is 16.3 Å². The van der Waals surface area contributed by atoms with E-state index < -0.39 is 0 Å². The van der Waals surface area contributed by atoms with Crippen molar-refractivity contribution in [3.63, 3.8) is 0 Å². The number of thiol groups is 1. The van der Waals surface area contributed by atoms with Gasteiger partial charge in [-0.3, -0.25) is 0 Å². The average Bonchev–Trinajstić information content (AvgIpc) is 2.54. The zero-order valence-electron chi connectivity index (χ0n) is 7.47. The molecule has 14 heavy (non-hydrogen) atoms. The molecule has 1 aromatic carbocycles. The van der Waals surface area contributed by atoms with Gasteiger partial charge in [-0.15, -0.1) is 0 Å². The van der Waals surface area contributed by atoms with Crippen molar-refractivity contribution < 1.29 is 0 Å². The quantitative estimate of drug-likeness (QED) is 0.767. The second-order valence-electron chi connectivity index (χ2n) is 2.86.